The number of carbonyl (C=O) groups excluding carboxylic acids is 1. The van der Waals surface area contributed by atoms with Gasteiger partial charge < -0.3 is 9.88 Å². The zero-order valence-electron chi connectivity index (χ0n) is 13.6. The van der Waals surface area contributed by atoms with Gasteiger partial charge in [-0.1, -0.05) is 27.5 Å². The van der Waals surface area contributed by atoms with Crippen molar-refractivity contribution >= 4 is 50.0 Å². The highest BCUT2D eigenvalue weighted by atomic mass is 79.9. The second-order valence-corrected chi connectivity index (χ2v) is 7.70. The number of hydrogen-bond acceptors (Lipinski definition) is 2. The third-order valence-corrected chi connectivity index (χ3v) is 5.33. The van der Waals surface area contributed by atoms with E-state index in [0.29, 0.717) is 11.1 Å². The Morgan fingerprint density at radius 3 is 2.85 bits per heavy atom. The molecule has 1 unspecified atom stereocenters. The van der Waals surface area contributed by atoms with Gasteiger partial charge in [0.2, 0.25) is 5.43 Å². The van der Waals surface area contributed by atoms with Gasteiger partial charge >= 0.3 is 0 Å². The van der Waals surface area contributed by atoms with Crippen LogP contribution in [0.2, 0.25) is 5.02 Å². The number of benzene rings is 2. The molecule has 4 nitrogen and oxygen atoms in total. The predicted octanol–water partition coefficient (Wildman–Crippen LogP) is 4.93. The lowest BCUT2D eigenvalue weighted by Crippen LogP contribution is -2.23. The van der Waals surface area contributed by atoms with Crippen molar-refractivity contribution in [1.29, 1.82) is 0 Å². The largest absolute Gasteiger partial charge is 0.343 e. The summed E-state index contributed by atoms with van der Waals surface area (Å²) < 4.78 is 16.1. The molecule has 0 saturated carbocycles. The number of nitrogens with one attached hydrogen (secondary N) is 1. The number of pyridine rings is 1. The maximum absolute atomic E-state index is 13.3. The van der Waals surface area contributed by atoms with E-state index in [1.165, 1.54) is 12.1 Å². The molecule has 2 aromatic carbocycles. The van der Waals surface area contributed by atoms with Crippen LogP contribution in [0.1, 0.15) is 28.9 Å². The van der Waals surface area contributed by atoms with Gasteiger partial charge in [-0.05, 0) is 49.2 Å². The molecule has 0 saturated heterocycles. The van der Waals surface area contributed by atoms with E-state index in [0.717, 1.165) is 28.0 Å². The lowest BCUT2D eigenvalue weighted by molar-refractivity contribution is 0.102. The zero-order valence-corrected chi connectivity index (χ0v) is 16.0. The number of carbonyl (C=O) groups is 1. The average Bonchev–Trinajstić information content (AvgIpc) is 2.89. The first-order valence-electron chi connectivity index (χ1n) is 7.99. The maximum atomic E-state index is 13.3. The molecule has 0 aliphatic carbocycles. The molecule has 0 spiro atoms. The van der Waals surface area contributed by atoms with Gasteiger partial charge in [0.1, 0.15) is 11.4 Å². The molecular weight excluding hydrogens is 423 g/mol. The molecule has 1 aromatic heterocycles. The number of hydrogen-bond donors (Lipinski definition) is 1. The summed E-state index contributed by atoms with van der Waals surface area (Å²) in [6, 6.07) is 7.76. The number of rotatable bonds is 2. The SMILES string of the molecule is CC1Cc2cc(Br)cc3c(=O)c(C(=O)Nc4ccc(F)c(Cl)c4)cn1c23. The summed E-state index contributed by atoms with van der Waals surface area (Å²) in [6.07, 6.45) is 2.40. The first-order valence-corrected chi connectivity index (χ1v) is 9.16. The molecule has 132 valence electrons. The van der Waals surface area contributed by atoms with Gasteiger partial charge in [-0.15, -0.1) is 0 Å². The minimum Gasteiger partial charge on any atom is -0.343 e. The number of aromatic nitrogens is 1. The lowest BCUT2D eigenvalue weighted by atomic mass is 10.1. The Balaban J connectivity index is 1.82. The Labute approximate surface area is 161 Å². The fourth-order valence-electron chi connectivity index (χ4n) is 3.39. The van der Waals surface area contributed by atoms with E-state index in [4.69, 9.17) is 11.6 Å². The first-order chi connectivity index (χ1) is 12.3. The number of nitrogens with zero attached hydrogens (tertiary/aromatic N) is 1. The van der Waals surface area contributed by atoms with Gasteiger partial charge in [-0.3, -0.25) is 9.59 Å². The van der Waals surface area contributed by atoms with Gasteiger partial charge in [0.25, 0.3) is 5.91 Å². The van der Waals surface area contributed by atoms with E-state index in [1.807, 2.05) is 17.6 Å². The van der Waals surface area contributed by atoms with Crippen molar-refractivity contribution in [3.05, 3.63) is 73.2 Å². The van der Waals surface area contributed by atoms with Crippen molar-refractivity contribution in [3.8, 4) is 0 Å². The number of amides is 1. The molecule has 4 rings (SSSR count). The molecule has 1 N–H and O–H groups in total. The highest BCUT2D eigenvalue weighted by Crippen LogP contribution is 2.33. The fraction of sp³-hybridized carbons (Fsp3) is 0.158. The molecule has 1 amide bonds. The molecule has 3 aromatic rings. The van der Waals surface area contributed by atoms with Crippen LogP contribution in [-0.2, 0) is 6.42 Å². The third-order valence-electron chi connectivity index (χ3n) is 4.58. The highest BCUT2D eigenvalue weighted by Gasteiger charge is 2.25. The van der Waals surface area contributed by atoms with Crippen molar-refractivity contribution in [2.45, 2.75) is 19.4 Å². The summed E-state index contributed by atoms with van der Waals surface area (Å²) in [5.41, 5.74) is 1.97. The molecule has 0 bridgehead atoms. The van der Waals surface area contributed by atoms with Crippen LogP contribution in [0, 0.1) is 5.82 Å². The Hall–Kier alpha value is -2.18. The minimum atomic E-state index is -0.574. The Bertz CT molecular complexity index is 1140. The van der Waals surface area contributed by atoms with Crippen LogP contribution in [0.25, 0.3) is 10.9 Å². The van der Waals surface area contributed by atoms with Crippen LogP contribution in [0.15, 0.2) is 45.8 Å². The van der Waals surface area contributed by atoms with Crippen LogP contribution >= 0.6 is 27.5 Å². The first kappa shape index (κ1) is 17.2. The molecule has 1 aliphatic heterocycles. The standard InChI is InChI=1S/C19H13BrClFN2O2/c1-9-4-10-5-11(20)6-13-17(10)24(9)8-14(18(13)25)19(26)23-12-2-3-16(22)15(21)7-12/h2-3,5-9H,4H2,1H3,(H,23,26). The monoisotopic (exact) mass is 434 g/mol. The van der Waals surface area contributed by atoms with Crippen molar-refractivity contribution in [3.63, 3.8) is 0 Å². The van der Waals surface area contributed by atoms with E-state index in [1.54, 1.807) is 12.3 Å². The summed E-state index contributed by atoms with van der Waals surface area (Å²) >= 11 is 9.18. The van der Waals surface area contributed by atoms with Crippen molar-refractivity contribution in [2.75, 3.05) is 5.32 Å². The van der Waals surface area contributed by atoms with Crippen LogP contribution in [0.4, 0.5) is 10.1 Å². The van der Waals surface area contributed by atoms with Crippen LogP contribution in [0.5, 0.6) is 0 Å². The van der Waals surface area contributed by atoms with Crippen molar-refractivity contribution in [1.82, 2.24) is 4.57 Å². The summed E-state index contributed by atoms with van der Waals surface area (Å²) in [5.74, 6) is -1.13. The van der Waals surface area contributed by atoms with Crippen molar-refractivity contribution in [2.24, 2.45) is 0 Å². The summed E-state index contributed by atoms with van der Waals surface area (Å²) in [7, 11) is 0. The summed E-state index contributed by atoms with van der Waals surface area (Å²) in [6.45, 7) is 2.04. The maximum Gasteiger partial charge on any atom is 0.261 e. The van der Waals surface area contributed by atoms with Crippen LogP contribution < -0.4 is 10.7 Å². The van der Waals surface area contributed by atoms with Crippen LogP contribution in [0.3, 0.4) is 0 Å². The number of halogens is 3. The smallest absolute Gasteiger partial charge is 0.261 e. The van der Waals surface area contributed by atoms with Crippen LogP contribution in [-0.4, -0.2) is 10.5 Å². The van der Waals surface area contributed by atoms with Gasteiger partial charge in [0.15, 0.2) is 0 Å². The molecule has 2 heterocycles. The topological polar surface area (TPSA) is 51.1 Å². The second kappa shape index (κ2) is 6.21. The quantitative estimate of drug-likeness (QED) is 0.621. The molecule has 0 fully saturated rings. The minimum absolute atomic E-state index is 0.0377. The van der Waals surface area contributed by atoms with Gasteiger partial charge in [0, 0.05) is 27.8 Å². The van der Waals surface area contributed by atoms with Crippen molar-refractivity contribution < 1.29 is 9.18 Å². The molecule has 1 aliphatic rings. The second-order valence-electron chi connectivity index (χ2n) is 6.38. The summed E-state index contributed by atoms with van der Waals surface area (Å²) in [4.78, 5) is 25.6. The van der Waals surface area contributed by atoms with E-state index in [9.17, 15) is 14.0 Å². The Morgan fingerprint density at radius 2 is 2.12 bits per heavy atom. The van der Waals surface area contributed by atoms with Gasteiger partial charge in [-0.2, -0.15) is 0 Å². The highest BCUT2D eigenvalue weighted by molar-refractivity contribution is 9.10. The third kappa shape index (κ3) is 2.73. The lowest BCUT2D eigenvalue weighted by Gasteiger charge is -2.13. The number of anilines is 1. The zero-order chi connectivity index (χ0) is 18.6. The Kier molecular flexibility index (Phi) is 4.12. The van der Waals surface area contributed by atoms with E-state index in [-0.39, 0.29) is 22.1 Å². The molecule has 0 radical (unpaired) electrons. The predicted molar refractivity (Wildman–Crippen MR) is 104 cm³/mol. The molecular formula is C19H13BrClFN2O2. The summed E-state index contributed by atoms with van der Waals surface area (Å²) in [5, 5.41) is 3.02. The van der Waals surface area contributed by atoms with E-state index in [2.05, 4.69) is 21.2 Å². The molecule has 1 atom stereocenters. The molecule has 26 heavy (non-hydrogen) atoms. The average molecular weight is 436 g/mol. The normalized spacial score (nSPS) is 15.5. The fourth-order valence-corrected chi connectivity index (χ4v) is 4.08. The van der Waals surface area contributed by atoms with E-state index < -0.39 is 11.7 Å². The van der Waals surface area contributed by atoms with Gasteiger partial charge in [0.05, 0.1) is 10.5 Å². The molecule has 7 heteroatoms. The Morgan fingerprint density at radius 1 is 1.35 bits per heavy atom. The van der Waals surface area contributed by atoms with E-state index >= 15 is 0 Å². The van der Waals surface area contributed by atoms with Gasteiger partial charge in [-0.25, -0.2) is 4.39 Å².